The summed E-state index contributed by atoms with van der Waals surface area (Å²) in [5, 5.41) is 3.26. The highest BCUT2D eigenvalue weighted by molar-refractivity contribution is 5.73. The predicted octanol–water partition coefficient (Wildman–Crippen LogP) is 4.77. The summed E-state index contributed by atoms with van der Waals surface area (Å²) in [4.78, 5) is 8.40. The van der Waals surface area contributed by atoms with Crippen LogP contribution in [0.3, 0.4) is 0 Å². The van der Waals surface area contributed by atoms with E-state index in [2.05, 4.69) is 35.2 Å². The first-order valence-corrected chi connectivity index (χ1v) is 8.28. The van der Waals surface area contributed by atoms with Gasteiger partial charge in [0.2, 0.25) is 5.88 Å². The van der Waals surface area contributed by atoms with Crippen LogP contribution in [0.15, 0.2) is 48.8 Å². The smallest absolute Gasteiger partial charge is 0.248 e. The van der Waals surface area contributed by atoms with E-state index in [4.69, 9.17) is 10.5 Å². The first-order valence-electron chi connectivity index (χ1n) is 8.28. The number of nitrogens with two attached hydrogens (primary N) is 1. The van der Waals surface area contributed by atoms with Gasteiger partial charge in [-0.05, 0) is 49.6 Å². The topological polar surface area (TPSA) is 73.1 Å². The number of benzene rings is 2. The number of aromatic nitrogens is 2. The molecule has 0 unspecified atom stereocenters. The molecule has 3 aromatic rings. The van der Waals surface area contributed by atoms with Crippen molar-refractivity contribution in [3.63, 3.8) is 0 Å². The summed E-state index contributed by atoms with van der Waals surface area (Å²) in [5.74, 6) is 1.56. The van der Waals surface area contributed by atoms with E-state index < -0.39 is 0 Å². The van der Waals surface area contributed by atoms with Crippen molar-refractivity contribution in [1.29, 1.82) is 0 Å². The fourth-order valence-corrected chi connectivity index (χ4v) is 2.55. The van der Waals surface area contributed by atoms with Gasteiger partial charge < -0.3 is 15.8 Å². The van der Waals surface area contributed by atoms with E-state index in [0.29, 0.717) is 23.1 Å². The first-order chi connectivity index (χ1) is 12.1. The van der Waals surface area contributed by atoms with Crippen molar-refractivity contribution in [2.45, 2.75) is 27.2 Å². The van der Waals surface area contributed by atoms with Crippen LogP contribution in [0.2, 0.25) is 0 Å². The average molecular weight is 334 g/mol. The molecule has 1 heterocycles. The minimum Gasteiger partial charge on any atom is -0.437 e. The van der Waals surface area contributed by atoms with Gasteiger partial charge in [-0.1, -0.05) is 36.8 Å². The van der Waals surface area contributed by atoms with Crippen LogP contribution in [0.4, 0.5) is 17.2 Å². The molecule has 1 aromatic heterocycles. The van der Waals surface area contributed by atoms with Crippen LogP contribution in [0, 0.1) is 13.8 Å². The molecule has 0 aliphatic carbocycles. The van der Waals surface area contributed by atoms with Crippen LogP contribution in [-0.4, -0.2) is 9.97 Å². The molecular weight excluding hydrogens is 312 g/mol. The van der Waals surface area contributed by atoms with Crippen molar-refractivity contribution in [2.75, 3.05) is 11.1 Å². The van der Waals surface area contributed by atoms with E-state index in [1.54, 1.807) is 0 Å². The molecule has 0 spiro atoms. The van der Waals surface area contributed by atoms with Crippen molar-refractivity contribution in [2.24, 2.45) is 0 Å². The third-order valence-corrected chi connectivity index (χ3v) is 4.03. The largest absolute Gasteiger partial charge is 0.437 e. The Morgan fingerprint density at radius 1 is 1.04 bits per heavy atom. The third-order valence-electron chi connectivity index (χ3n) is 4.03. The molecule has 128 valence electrons. The normalized spacial score (nSPS) is 10.5. The Bertz CT molecular complexity index is 875. The van der Waals surface area contributed by atoms with Crippen LogP contribution in [0.5, 0.6) is 11.6 Å². The van der Waals surface area contributed by atoms with Gasteiger partial charge in [-0.15, -0.1) is 0 Å². The van der Waals surface area contributed by atoms with Gasteiger partial charge in [0.25, 0.3) is 0 Å². The van der Waals surface area contributed by atoms with Crippen molar-refractivity contribution < 1.29 is 4.74 Å². The minimum atomic E-state index is 0.339. The Hall–Kier alpha value is -3.08. The van der Waals surface area contributed by atoms with Gasteiger partial charge in [0.1, 0.15) is 17.8 Å². The summed E-state index contributed by atoms with van der Waals surface area (Å²) >= 11 is 0. The maximum atomic E-state index is 6.20. The Kier molecular flexibility index (Phi) is 4.84. The number of aryl methyl sites for hydroxylation is 3. The Labute approximate surface area is 147 Å². The highest BCUT2D eigenvalue weighted by atomic mass is 16.5. The van der Waals surface area contributed by atoms with Crippen molar-refractivity contribution in [3.05, 3.63) is 65.5 Å². The molecular formula is C20H22N4O. The van der Waals surface area contributed by atoms with Gasteiger partial charge >= 0.3 is 0 Å². The molecule has 3 N–H and O–H groups in total. The SMILES string of the molecule is CCc1ccc(Oc2ncnc(Nc3ccc(C)cc3C)c2N)cc1. The van der Waals surface area contributed by atoms with Gasteiger partial charge in [-0.2, -0.15) is 4.98 Å². The number of ether oxygens (including phenoxy) is 1. The van der Waals surface area contributed by atoms with Gasteiger partial charge in [-0.25, -0.2) is 4.98 Å². The standard InChI is InChI=1S/C20H22N4O/c1-4-15-6-8-16(9-7-15)25-20-18(21)19(22-12-23-20)24-17-10-5-13(2)11-14(17)3/h5-12H,4,21H2,1-3H3,(H,22,23,24). The van der Waals surface area contributed by atoms with Crippen LogP contribution < -0.4 is 15.8 Å². The molecule has 0 aliphatic heterocycles. The number of anilines is 3. The second kappa shape index (κ2) is 7.21. The lowest BCUT2D eigenvalue weighted by molar-refractivity contribution is 0.464. The summed E-state index contributed by atoms with van der Waals surface area (Å²) in [6.45, 7) is 6.22. The highest BCUT2D eigenvalue weighted by Gasteiger charge is 2.11. The third kappa shape index (κ3) is 3.88. The maximum absolute atomic E-state index is 6.20. The van der Waals surface area contributed by atoms with Crippen LogP contribution in [0.25, 0.3) is 0 Å². The van der Waals surface area contributed by atoms with E-state index in [1.165, 1.54) is 17.5 Å². The summed E-state index contributed by atoms with van der Waals surface area (Å²) in [6.07, 6.45) is 2.43. The molecule has 0 amide bonds. The number of hydrogen-bond donors (Lipinski definition) is 2. The van der Waals surface area contributed by atoms with Gasteiger partial charge in [0.15, 0.2) is 5.82 Å². The summed E-state index contributed by atoms with van der Waals surface area (Å²) < 4.78 is 5.82. The lowest BCUT2D eigenvalue weighted by atomic mass is 10.1. The number of nitrogens with one attached hydrogen (secondary N) is 1. The fraction of sp³-hybridized carbons (Fsp3) is 0.200. The maximum Gasteiger partial charge on any atom is 0.248 e. The van der Waals surface area contributed by atoms with Crippen molar-refractivity contribution in [3.8, 4) is 11.6 Å². The molecule has 5 heteroatoms. The molecule has 25 heavy (non-hydrogen) atoms. The molecule has 3 rings (SSSR count). The second-order valence-electron chi connectivity index (χ2n) is 5.98. The Morgan fingerprint density at radius 2 is 1.80 bits per heavy atom. The fourth-order valence-electron chi connectivity index (χ4n) is 2.55. The van der Waals surface area contributed by atoms with Crippen LogP contribution >= 0.6 is 0 Å². The van der Waals surface area contributed by atoms with Crippen molar-refractivity contribution >= 4 is 17.2 Å². The lowest BCUT2D eigenvalue weighted by Gasteiger charge is -2.13. The van der Waals surface area contributed by atoms with Crippen LogP contribution in [-0.2, 0) is 6.42 Å². The number of nitrogens with zero attached hydrogens (tertiary/aromatic N) is 2. The van der Waals surface area contributed by atoms with Gasteiger partial charge in [0.05, 0.1) is 0 Å². The predicted molar refractivity (Wildman–Crippen MR) is 102 cm³/mol. The minimum absolute atomic E-state index is 0.339. The van der Waals surface area contributed by atoms with E-state index in [0.717, 1.165) is 17.7 Å². The van der Waals surface area contributed by atoms with Crippen molar-refractivity contribution in [1.82, 2.24) is 9.97 Å². The molecule has 2 aromatic carbocycles. The lowest BCUT2D eigenvalue weighted by Crippen LogP contribution is -2.04. The van der Waals surface area contributed by atoms with Gasteiger partial charge in [0, 0.05) is 5.69 Å². The average Bonchev–Trinajstić information content (AvgIpc) is 2.61. The molecule has 0 radical (unpaired) electrons. The van der Waals surface area contributed by atoms with Gasteiger partial charge in [-0.3, -0.25) is 0 Å². The Balaban J connectivity index is 1.83. The molecule has 0 fully saturated rings. The van der Waals surface area contributed by atoms with E-state index in [1.807, 2.05) is 43.3 Å². The second-order valence-corrected chi connectivity index (χ2v) is 5.98. The molecule has 0 saturated heterocycles. The molecule has 5 nitrogen and oxygen atoms in total. The summed E-state index contributed by atoms with van der Waals surface area (Å²) in [6, 6.07) is 14.0. The van der Waals surface area contributed by atoms with E-state index in [-0.39, 0.29) is 0 Å². The summed E-state index contributed by atoms with van der Waals surface area (Å²) in [5.41, 5.74) is 11.1. The summed E-state index contributed by atoms with van der Waals surface area (Å²) in [7, 11) is 0. The molecule has 0 bridgehead atoms. The zero-order valence-corrected chi connectivity index (χ0v) is 14.7. The van der Waals surface area contributed by atoms with E-state index >= 15 is 0 Å². The monoisotopic (exact) mass is 334 g/mol. The first kappa shape index (κ1) is 16.8. The Morgan fingerprint density at radius 3 is 2.48 bits per heavy atom. The zero-order chi connectivity index (χ0) is 17.8. The quantitative estimate of drug-likeness (QED) is 0.703. The van der Waals surface area contributed by atoms with E-state index in [9.17, 15) is 0 Å². The zero-order valence-electron chi connectivity index (χ0n) is 14.7. The molecule has 0 saturated carbocycles. The highest BCUT2D eigenvalue weighted by Crippen LogP contribution is 2.31. The molecule has 0 aliphatic rings. The number of rotatable bonds is 5. The van der Waals surface area contributed by atoms with Crippen LogP contribution in [0.1, 0.15) is 23.6 Å². The number of hydrogen-bond acceptors (Lipinski definition) is 5. The number of nitrogen functional groups attached to an aromatic ring is 1. The molecule has 0 atom stereocenters.